The second-order valence-corrected chi connectivity index (χ2v) is 8.88. The Hall–Kier alpha value is -2.44. The van der Waals surface area contributed by atoms with E-state index in [1.54, 1.807) is 17.4 Å². The Morgan fingerprint density at radius 3 is 2.73 bits per heavy atom. The molecule has 0 saturated carbocycles. The molecule has 2 aliphatic rings. The summed E-state index contributed by atoms with van der Waals surface area (Å²) in [5.41, 5.74) is 2.29. The first-order valence-corrected chi connectivity index (χ1v) is 11.5. The van der Waals surface area contributed by atoms with Crippen LogP contribution in [0.3, 0.4) is 0 Å². The molecule has 4 rings (SSSR count). The molecule has 0 aliphatic carbocycles. The van der Waals surface area contributed by atoms with Crippen LogP contribution in [0.2, 0.25) is 0 Å². The molecule has 158 valence electrons. The highest BCUT2D eigenvalue weighted by atomic mass is 32.1. The number of rotatable bonds is 6. The Morgan fingerprint density at radius 2 is 2.07 bits per heavy atom. The molecule has 30 heavy (non-hydrogen) atoms. The lowest BCUT2D eigenvalue weighted by atomic mass is 9.96. The fraction of sp³-hybridized carbons (Fsp3) is 0.417. The maximum atomic E-state index is 13.2. The summed E-state index contributed by atoms with van der Waals surface area (Å²) in [6.07, 6.45) is 3.71. The molecule has 3 heterocycles. The number of hydrogen-bond donors (Lipinski definition) is 0. The molecule has 2 amide bonds. The van der Waals surface area contributed by atoms with Crippen molar-refractivity contribution in [1.29, 1.82) is 0 Å². The van der Waals surface area contributed by atoms with E-state index in [-0.39, 0.29) is 23.8 Å². The first-order chi connectivity index (χ1) is 14.7. The molecule has 1 aromatic carbocycles. The summed E-state index contributed by atoms with van der Waals surface area (Å²) in [4.78, 5) is 31.0. The minimum Gasteiger partial charge on any atom is -0.368 e. The van der Waals surface area contributed by atoms with Gasteiger partial charge in [0, 0.05) is 37.7 Å². The molecule has 0 unspecified atom stereocenters. The van der Waals surface area contributed by atoms with E-state index in [0.717, 1.165) is 18.4 Å². The lowest BCUT2D eigenvalue weighted by molar-refractivity contribution is -0.141. The van der Waals surface area contributed by atoms with E-state index in [1.807, 2.05) is 15.9 Å². The molecule has 2 fully saturated rings. The normalized spacial score (nSPS) is 22.2. The van der Waals surface area contributed by atoms with Crippen molar-refractivity contribution in [3.8, 4) is 10.4 Å². The highest BCUT2D eigenvalue weighted by molar-refractivity contribution is 7.13. The lowest BCUT2D eigenvalue weighted by Crippen LogP contribution is -2.42. The summed E-state index contributed by atoms with van der Waals surface area (Å²) in [7, 11) is 0. The molecule has 0 spiro atoms. The fourth-order valence-electron chi connectivity index (χ4n) is 4.24. The minimum atomic E-state index is -0.350. The van der Waals surface area contributed by atoms with Gasteiger partial charge in [-0.05, 0) is 41.8 Å². The quantitative estimate of drug-likeness (QED) is 0.666. The minimum absolute atomic E-state index is 0.0267. The van der Waals surface area contributed by atoms with Crippen molar-refractivity contribution in [1.82, 2.24) is 9.80 Å². The molecule has 2 aromatic rings. The summed E-state index contributed by atoms with van der Waals surface area (Å²) in [6.45, 7) is 6.47. The largest absolute Gasteiger partial charge is 0.368 e. The van der Waals surface area contributed by atoms with Gasteiger partial charge >= 0.3 is 0 Å². The number of hydrogen-bond acceptors (Lipinski definition) is 4. The maximum Gasteiger partial charge on any atom is 0.251 e. The molecule has 5 nitrogen and oxygen atoms in total. The molecule has 1 aromatic heterocycles. The van der Waals surface area contributed by atoms with E-state index in [2.05, 4.69) is 42.3 Å². The van der Waals surface area contributed by atoms with Gasteiger partial charge in [0.05, 0.1) is 5.92 Å². The van der Waals surface area contributed by atoms with Gasteiger partial charge in [-0.2, -0.15) is 0 Å². The monoisotopic (exact) mass is 424 g/mol. The average Bonchev–Trinajstić information content (AvgIpc) is 3.46. The maximum absolute atomic E-state index is 13.2. The first-order valence-electron chi connectivity index (χ1n) is 10.6. The van der Waals surface area contributed by atoms with Crippen LogP contribution in [-0.2, 0) is 20.7 Å². The number of nitrogens with zero attached hydrogens (tertiary/aromatic N) is 2. The number of amides is 2. The molecular formula is C24H28N2O3S. The van der Waals surface area contributed by atoms with Crippen LogP contribution in [0, 0.1) is 5.92 Å². The second-order valence-electron chi connectivity index (χ2n) is 7.93. The summed E-state index contributed by atoms with van der Waals surface area (Å²) >= 11 is 1.72. The van der Waals surface area contributed by atoms with Crippen LogP contribution in [-0.4, -0.2) is 60.5 Å². The van der Waals surface area contributed by atoms with Gasteiger partial charge < -0.3 is 14.5 Å². The zero-order chi connectivity index (χ0) is 20.9. The van der Waals surface area contributed by atoms with Crippen molar-refractivity contribution in [3.63, 3.8) is 0 Å². The SMILES string of the molecule is C=CCN1CCN(C(=O)[C@H]2CCCO2)C[C@H](Cc2ccc(-c3cccs3)cc2)C1=O. The van der Waals surface area contributed by atoms with Gasteiger partial charge in [-0.1, -0.05) is 36.4 Å². The fourth-order valence-corrected chi connectivity index (χ4v) is 4.98. The predicted octanol–water partition coefficient (Wildman–Crippen LogP) is 3.61. The zero-order valence-corrected chi connectivity index (χ0v) is 18.0. The third-order valence-corrected chi connectivity index (χ3v) is 6.77. The Balaban J connectivity index is 1.50. The molecule has 6 heteroatoms. The Labute approximate surface area is 181 Å². The van der Waals surface area contributed by atoms with Crippen molar-refractivity contribution in [3.05, 3.63) is 60.0 Å². The van der Waals surface area contributed by atoms with Crippen LogP contribution < -0.4 is 0 Å². The first kappa shape index (κ1) is 20.8. The van der Waals surface area contributed by atoms with Gasteiger partial charge in [0.15, 0.2) is 0 Å². The van der Waals surface area contributed by atoms with E-state index < -0.39 is 0 Å². The van der Waals surface area contributed by atoms with Crippen molar-refractivity contribution in [2.75, 3.05) is 32.8 Å². The van der Waals surface area contributed by atoms with Crippen molar-refractivity contribution >= 4 is 23.2 Å². The van der Waals surface area contributed by atoms with Crippen LogP contribution in [0.4, 0.5) is 0 Å². The second kappa shape index (κ2) is 9.58. The number of thiophene rings is 1. The molecular weight excluding hydrogens is 396 g/mol. The van der Waals surface area contributed by atoms with Crippen molar-refractivity contribution in [2.24, 2.45) is 5.92 Å². The number of carbonyl (C=O) groups is 2. The zero-order valence-electron chi connectivity index (χ0n) is 17.2. The third kappa shape index (κ3) is 4.65. The average molecular weight is 425 g/mol. The van der Waals surface area contributed by atoms with Gasteiger partial charge in [-0.15, -0.1) is 17.9 Å². The predicted molar refractivity (Wildman–Crippen MR) is 119 cm³/mol. The van der Waals surface area contributed by atoms with Crippen LogP contribution in [0.25, 0.3) is 10.4 Å². The highest BCUT2D eigenvalue weighted by Gasteiger charge is 2.35. The van der Waals surface area contributed by atoms with Gasteiger partial charge in [-0.25, -0.2) is 0 Å². The highest BCUT2D eigenvalue weighted by Crippen LogP contribution is 2.26. The topological polar surface area (TPSA) is 49.9 Å². The molecule has 0 N–H and O–H groups in total. The Morgan fingerprint density at radius 1 is 1.23 bits per heavy atom. The molecule has 2 saturated heterocycles. The van der Waals surface area contributed by atoms with Crippen molar-refractivity contribution in [2.45, 2.75) is 25.4 Å². The van der Waals surface area contributed by atoms with E-state index in [4.69, 9.17) is 4.74 Å². The summed E-state index contributed by atoms with van der Waals surface area (Å²) < 4.78 is 5.61. The van der Waals surface area contributed by atoms with E-state index in [0.29, 0.717) is 39.2 Å². The molecule has 0 bridgehead atoms. The summed E-state index contributed by atoms with van der Waals surface area (Å²) in [5.74, 6) is -0.135. The van der Waals surface area contributed by atoms with Crippen LogP contribution in [0.1, 0.15) is 18.4 Å². The smallest absolute Gasteiger partial charge is 0.251 e. The Kier molecular flexibility index (Phi) is 6.65. The van der Waals surface area contributed by atoms with Crippen LogP contribution in [0.15, 0.2) is 54.4 Å². The van der Waals surface area contributed by atoms with Crippen molar-refractivity contribution < 1.29 is 14.3 Å². The summed E-state index contributed by atoms with van der Waals surface area (Å²) in [5, 5.41) is 2.07. The van der Waals surface area contributed by atoms with Gasteiger partial charge in [0.25, 0.3) is 5.91 Å². The number of benzene rings is 1. The summed E-state index contributed by atoms with van der Waals surface area (Å²) in [6, 6.07) is 12.6. The molecule has 0 radical (unpaired) electrons. The number of carbonyl (C=O) groups excluding carboxylic acids is 2. The molecule has 2 aliphatic heterocycles. The van der Waals surface area contributed by atoms with Gasteiger partial charge in [-0.3, -0.25) is 9.59 Å². The number of ether oxygens (including phenoxy) is 1. The standard InChI is InChI=1S/C24H28N2O3S/c1-2-11-25-12-13-26(24(28)21-5-3-14-29-21)17-20(23(25)27)16-18-7-9-19(10-8-18)22-6-4-15-30-22/h2,4,6-10,15,20-21H,1,3,5,11-14,16-17H2/t20-,21+/m0/s1. The van der Waals surface area contributed by atoms with Crippen LogP contribution in [0.5, 0.6) is 0 Å². The van der Waals surface area contributed by atoms with Gasteiger partial charge in [0.1, 0.15) is 6.10 Å². The van der Waals surface area contributed by atoms with E-state index in [9.17, 15) is 9.59 Å². The lowest BCUT2D eigenvalue weighted by Gasteiger charge is -2.25. The van der Waals surface area contributed by atoms with Crippen LogP contribution >= 0.6 is 11.3 Å². The Bertz CT molecular complexity index is 872. The van der Waals surface area contributed by atoms with E-state index >= 15 is 0 Å². The third-order valence-electron chi connectivity index (χ3n) is 5.85. The van der Waals surface area contributed by atoms with E-state index in [1.165, 1.54) is 10.4 Å². The molecule has 2 atom stereocenters. The van der Waals surface area contributed by atoms with Gasteiger partial charge in [0.2, 0.25) is 5.91 Å².